The summed E-state index contributed by atoms with van der Waals surface area (Å²) >= 11 is 0. The van der Waals surface area contributed by atoms with Crippen molar-refractivity contribution in [2.75, 3.05) is 38.9 Å². The van der Waals surface area contributed by atoms with Crippen molar-refractivity contribution in [2.45, 2.75) is 38.0 Å². The lowest BCUT2D eigenvalue weighted by molar-refractivity contribution is -0.142. The number of carbonyl (C=O) groups is 1. The molecule has 0 aliphatic carbocycles. The van der Waals surface area contributed by atoms with E-state index < -0.39 is 23.3 Å². The predicted octanol–water partition coefficient (Wildman–Crippen LogP) is 2.87. The summed E-state index contributed by atoms with van der Waals surface area (Å²) in [6.07, 6.45) is -2.45. The van der Waals surface area contributed by atoms with E-state index in [1.54, 1.807) is 24.3 Å². The summed E-state index contributed by atoms with van der Waals surface area (Å²) < 4.78 is 57.8. The fourth-order valence-corrected chi connectivity index (χ4v) is 3.78. The Labute approximate surface area is 188 Å². The Morgan fingerprint density at radius 3 is 2.58 bits per heavy atom. The number of ether oxygens (including phenoxy) is 3. The van der Waals surface area contributed by atoms with Crippen LogP contribution in [-0.4, -0.2) is 55.8 Å². The van der Waals surface area contributed by atoms with Crippen LogP contribution in [0.3, 0.4) is 0 Å². The Bertz CT molecular complexity index is 1010. The number of carbonyl (C=O) groups excluding carboxylic acids is 1. The van der Waals surface area contributed by atoms with E-state index in [0.29, 0.717) is 30.7 Å². The van der Waals surface area contributed by atoms with Crippen molar-refractivity contribution in [3.63, 3.8) is 0 Å². The minimum absolute atomic E-state index is 0.0555. The normalized spacial score (nSPS) is 16.2. The fraction of sp³-hybridized carbons (Fsp3) is 0.500. The second kappa shape index (κ2) is 10.7. The highest BCUT2D eigenvalue weighted by atomic mass is 19.4. The number of benzene rings is 1. The van der Waals surface area contributed by atoms with Gasteiger partial charge in [-0.05, 0) is 30.5 Å². The number of methoxy groups -OCH3 is 2. The number of halogens is 3. The smallest absolute Gasteiger partial charge is 0.423 e. The predicted molar refractivity (Wildman–Crippen MR) is 113 cm³/mol. The van der Waals surface area contributed by atoms with Gasteiger partial charge in [0.05, 0.1) is 58.3 Å². The van der Waals surface area contributed by atoms with E-state index in [0.717, 1.165) is 10.9 Å². The molecular weight excluding hydrogens is 443 g/mol. The van der Waals surface area contributed by atoms with E-state index >= 15 is 0 Å². The van der Waals surface area contributed by atoms with Crippen LogP contribution in [0, 0.1) is 0 Å². The van der Waals surface area contributed by atoms with E-state index in [9.17, 15) is 22.8 Å². The molecule has 0 spiro atoms. The van der Waals surface area contributed by atoms with Gasteiger partial charge in [0.15, 0.2) is 0 Å². The van der Waals surface area contributed by atoms with Gasteiger partial charge in [0.1, 0.15) is 11.3 Å². The number of esters is 1. The first-order chi connectivity index (χ1) is 15.7. The Morgan fingerprint density at radius 2 is 1.94 bits per heavy atom. The van der Waals surface area contributed by atoms with E-state index in [4.69, 9.17) is 9.47 Å². The third kappa shape index (κ3) is 6.04. The standard InChI is InChI=1S/C22H26F3N3O5/c1-31-17-7-5-15(6-8-17)13-28-21(30)20(22(23,24)25)18(12-26-28)27-10-3-4-16(27)14-33-11-9-19(29)32-2/h5-8,12,16H,3-4,9-11,13-14H2,1-2H3. The lowest BCUT2D eigenvalue weighted by Crippen LogP contribution is -2.39. The maximum atomic E-state index is 14.0. The molecule has 33 heavy (non-hydrogen) atoms. The van der Waals surface area contributed by atoms with E-state index in [2.05, 4.69) is 9.84 Å². The molecule has 0 N–H and O–H groups in total. The van der Waals surface area contributed by atoms with Gasteiger partial charge in [0, 0.05) is 6.54 Å². The Balaban J connectivity index is 1.83. The van der Waals surface area contributed by atoms with Gasteiger partial charge in [-0.1, -0.05) is 12.1 Å². The van der Waals surface area contributed by atoms with E-state index in [1.807, 2.05) is 0 Å². The van der Waals surface area contributed by atoms with Gasteiger partial charge in [0.25, 0.3) is 5.56 Å². The van der Waals surface area contributed by atoms with Crippen LogP contribution in [0.4, 0.5) is 18.9 Å². The molecule has 0 bridgehead atoms. The molecule has 8 nitrogen and oxygen atoms in total. The molecule has 0 saturated carbocycles. The van der Waals surface area contributed by atoms with Crippen LogP contribution in [0.5, 0.6) is 5.75 Å². The van der Waals surface area contributed by atoms with Crippen molar-refractivity contribution in [3.05, 3.63) is 51.9 Å². The third-order valence-corrected chi connectivity index (χ3v) is 5.47. The van der Waals surface area contributed by atoms with Crippen LogP contribution in [-0.2, 0) is 27.0 Å². The summed E-state index contributed by atoms with van der Waals surface area (Å²) in [5.74, 6) is 0.168. The maximum Gasteiger partial charge on any atom is 0.423 e. The number of aromatic nitrogens is 2. The summed E-state index contributed by atoms with van der Waals surface area (Å²) in [7, 11) is 2.77. The molecule has 1 aliphatic heterocycles. The zero-order chi connectivity index (χ0) is 24.0. The van der Waals surface area contributed by atoms with Crippen LogP contribution in [0.25, 0.3) is 0 Å². The number of hydrogen-bond acceptors (Lipinski definition) is 7. The highest BCUT2D eigenvalue weighted by Gasteiger charge is 2.41. The first-order valence-electron chi connectivity index (χ1n) is 10.5. The highest BCUT2D eigenvalue weighted by Crippen LogP contribution is 2.36. The van der Waals surface area contributed by atoms with Gasteiger partial charge in [-0.25, -0.2) is 4.68 Å². The molecule has 11 heteroatoms. The van der Waals surface area contributed by atoms with Gasteiger partial charge in [0.2, 0.25) is 0 Å². The largest absolute Gasteiger partial charge is 0.497 e. The number of hydrogen-bond donors (Lipinski definition) is 0. The molecule has 1 aromatic heterocycles. The van der Waals surface area contributed by atoms with Gasteiger partial charge in [-0.15, -0.1) is 0 Å². The highest BCUT2D eigenvalue weighted by molar-refractivity contribution is 5.69. The van der Waals surface area contributed by atoms with E-state index in [1.165, 1.54) is 19.1 Å². The molecule has 1 atom stereocenters. The first-order valence-corrected chi connectivity index (χ1v) is 10.5. The maximum absolute atomic E-state index is 14.0. The molecule has 3 rings (SSSR count). The van der Waals surface area contributed by atoms with Crippen molar-refractivity contribution in [1.29, 1.82) is 0 Å². The molecule has 1 aliphatic rings. The minimum Gasteiger partial charge on any atom is -0.497 e. The fourth-order valence-electron chi connectivity index (χ4n) is 3.78. The zero-order valence-corrected chi connectivity index (χ0v) is 18.4. The molecular formula is C22H26F3N3O5. The third-order valence-electron chi connectivity index (χ3n) is 5.47. The molecule has 2 aromatic rings. The summed E-state index contributed by atoms with van der Waals surface area (Å²) in [6.45, 7) is 0.470. The molecule has 1 fully saturated rings. The average molecular weight is 469 g/mol. The monoisotopic (exact) mass is 469 g/mol. The van der Waals surface area contributed by atoms with Crippen LogP contribution < -0.4 is 15.2 Å². The molecule has 1 unspecified atom stereocenters. The van der Waals surface area contributed by atoms with Gasteiger partial charge >= 0.3 is 12.1 Å². The topological polar surface area (TPSA) is 82.9 Å². The SMILES string of the molecule is COC(=O)CCOCC1CCCN1c1cnn(Cc2ccc(OC)cc2)c(=O)c1C(F)(F)F. The molecule has 0 radical (unpaired) electrons. The van der Waals surface area contributed by atoms with Crippen molar-refractivity contribution in [3.8, 4) is 5.75 Å². The minimum atomic E-state index is -4.85. The second-order valence-corrected chi connectivity index (χ2v) is 7.60. The van der Waals surface area contributed by atoms with Crippen molar-refractivity contribution in [1.82, 2.24) is 9.78 Å². The number of anilines is 1. The Hall–Kier alpha value is -3.08. The number of alkyl halides is 3. The summed E-state index contributed by atoms with van der Waals surface area (Å²) in [4.78, 5) is 25.6. The summed E-state index contributed by atoms with van der Waals surface area (Å²) in [5.41, 5.74) is -2.08. The van der Waals surface area contributed by atoms with Crippen molar-refractivity contribution >= 4 is 11.7 Å². The van der Waals surface area contributed by atoms with Gasteiger partial charge < -0.3 is 19.1 Å². The molecule has 1 aromatic carbocycles. The summed E-state index contributed by atoms with van der Waals surface area (Å²) in [6, 6.07) is 6.29. The van der Waals surface area contributed by atoms with Crippen molar-refractivity contribution in [2.24, 2.45) is 0 Å². The average Bonchev–Trinajstić information content (AvgIpc) is 3.25. The molecule has 2 heterocycles. The van der Waals surface area contributed by atoms with Crippen LogP contribution in [0.15, 0.2) is 35.3 Å². The zero-order valence-electron chi connectivity index (χ0n) is 18.4. The van der Waals surface area contributed by atoms with Crippen LogP contribution in [0.2, 0.25) is 0 Å². The lowest BCUT2D eigenvalue weighted by atomic mass is 10.1. The van der Waals surface area contributed by atoms with E-state index in [-0.39, 0.29) is 37.9 Å². The van der Waals surface area contributed by atoms with Crippen LogP contribution in [0.1, 0.15) is 30.4 Å². The number of nitrogens with zero attached hydrogens (tertiary/aromatic N) is 3. The molecule has 180 valence electrons. The number of rotatable bonds is 9. The molecule has 0 amide bonds. The first kappa shape index (κ1) is 24.6. The van der Waals surface area contributed by atoms with Crippen molar-refractivity contribution < 1.29 is 32.2 Å². The Morgan fingerprint density at radius 1 is 1.21 bits per heavy atom. The van der Waals surface area contributed by atoms with Gasteiger partial charge in [-0.3, -0.25) is 9.59 Å². The summed E-state index contributed by atoms with van der Waals surface area (Å²) in [5, 5.41) is 4.03. The Kier molecular flexibility index (Phi) is 7.96. The second-order valence-electron chi connectivity index (χ2n) is 7.60. The van der Waals surface area contributed by atoms with Gasteiger partial charge in [-0.2, -0.15) is 18.3 Å². The molecule has 1 saturated heterocycles. The van der Waals surface area contributed by atoms with Crippen LogP contribution >= 0.6 is 0 Å². The quantitative estimate of drug-likeness (QED) is 0.413. The lowest BCUT2D eigenvalue weighted by Gasteiger charge is -2.29.